The van der Waals surface area contributed by atoms with Gasteiger partial charge in [-0.25, -0.2) is 9.78 Å². The van der Waals surface area contributed by atoms with Crippen LogP contribution in [-0.2, 0) is 11.3 Å². The molecule has 1 aliphatic heterocycles. The zero-order chi connectivity index (χ0) is 10.1. The second-order valence-corrected chi connectivity index (χ2v) is 4.37. The summed E-state index contributed by atoms with van der Waals surface area (Å²) in [4.78, 5) is 28.6. The normalized spacial score (nSPS) is 16.2. The molecule has 0 saturated carbocycles. The highest BCUT2D eigenvalue weighted by Crippen LogP contribution is 2.15. The Kier molecular flexibility index (Phi) is 2.20. The van der Waals surface area contributed by atoms with Crippen molar-refractivity contribution in [2.45, 2.75) is 13.5 Å². The Morgan fingerprint density at radius 2 is 2.43 bits per heavy atom. The maximum atomic E-state index is 11.2. The molecule has 1 aliphatic rings. The van der Waals surface area contributed by atoms with Crippen LogP contribution in [0.3, 0.4) is 0 Å². The van der Waals surface area contributed by atoms with Crippen LogP contribution in [0, 0.1) is 6.92 Å². The first-order chi connectivity index (χ1) is 6.65. The van der Waals surface area contributed by atoms with Gasteiger partial charge in [-0.05, 0) is 6.92 Å². The second kappa shape index (κ2) is 3.38. The lowest BCUT2D eigenvalue weighted by Gasteiger charge is -2.10. The van der Waals surface area contributed by atoms with Gasteiger partial charge in [0.15, 0.2) is 0 Å². The molecule has 2 rings (SSSR count). The second-order valence-electron chi connectivity index (χ2n) is 3.05. The predicted octanol–water partition coefficient (Wildman–Crippen LogP) is 0.503. The molecule has 0 aliphatic carbocycles. The van der Waals surface area contributed by atoms with Crippen molar-refractivity contribution >= 4 is 23.3 Å². The minimum atomic E-state index is -0.318. The van der Waals surface area contributed by atoms with Gasteiger partial charge in [0, 0.05) is 11.1 Å². The van der Waals surface area contributed by atoms with Gasteiger partial charge in [-0.3, -0.25) is 10.1 Å². The average molecular weight is 211 g/mol. The molecular formula is C8H9N3O2S. The Morgan fingerprint density at radius 1 is 1.64 bits per heavy atom. The molecule has 0 bridgehead atoms. The summed E-state index contributed by atoms with van der Waals surface area (Å²) in [6.07, 6.45) is 1.73. The fraction of sp³-hybridized carbons (Fsp3) is 0.375. The van der Waals surface area contributed by atoms with E-state index < -0.39 is 0 Å². The van der Waals surface area contributed by atoms with Crippen LogP contribution in [0.25, 0.3) is 0 Å². The van der Waals surface area contributed by atoms with Crippen LogP contribution in [-0.4, -0.2) is 28.4 Å². The standard InChI is InChI=1S/C8H9N3O2S/c1-5-9-2-6(14-5)3-11-4-7(12)10-8(11)13/h2H,3-4H2,1H3,(H,10,12,13). The van der Waals surface area contributed by atoms with Gasteiger partial charge < -0.3 is 4.90 Å². The smallest absolute Gasteiger partial charge is 0.310 e. The molecule has 0 unspecified atom stereocenters. The number of thiazole rings is 1. The van der Waals surface area contributed by atoms with E-state index in [9.17, 15) is 9.59 Å². The largest absolute Gasteiger partial charge is 0.324 e. The van der Waals surface area contributed by atoms with E-state index in [1.54, 1.807) is 6.20 Å². The van der Waals surface area contributed by atoms with Crippen LogP contribution in [0.5, 0.6) is 0 Å². The van der Waals surface area contributed by atoms with Gasteiger partial charge in [-0.15, -0.1) is 11.3 Å². The van der Waals surface area contributed by atoms with Gasteiger partial charge in [0.1, 0.15) is 6.54 Å². The van der Waals surface area contributed by atoms with Gasteiger partial charge in [-0.2, -0.15) is 0 Å². The maximum Gasteiger partial charge on any atom is 0.324 e. The summed E-state index contributed by atoms with van der Waals surface area (Å²) < 4.78 is 0. The first-order valence-electron chi connectivity index (χ1n) is 4.15. The Bertz CT molecular complexity index is 388. The molecular weight excluding hydrogens is 202 g/mol. The van der Waals surface area contributed by atoms with Crippen molar-refractivity contribution in [2.75, 3.05) is 6.54 Å². The SMILES string of the molecule is Cc1ncc(CN2CC(=O)NC2=O)s1. The van der Waals surface area contributed by atoms with Crippen LogP contribution in [0.15, 0.2) is 6.20 Å². The summed E-state index contributed by atoms with van der Waals surface area (Å²) >= 11 is 1.53. The van der Waals surface area contributed by atoms with Crippen LogP contribution in [0.1, 0.15) is 9.88 Å². The van der Waals surface area contributed by atoms with Crippen molar-refractivity contribution in [2.24, 2.45) is 0 Å². The Morgan fingerprint density at radius 3 is 2.93 bits per heavy atom. The minimum absolute atomic E-state index is 0.149. The molecule has 1 saturated heterocycles. The fourth-order valence-corrected chi connectivity index (χ4v) is 2.09. The number of carbonyl (C=O) groups is 2. The quantitative estimate of drug-likeness (QED) is 0.725. The summed E-state index contributed by atoms with van der Waals surface area (Å²) in [5.74, 6) is -0.240. The molecule has 2 heterocycles. The molecule has 74 valence electrons. The van der Waals surface area contributed by atoms with Crippen LogP contribution >= 0.6 is 11.3 Å². The third-order valence-corrected chi connectivity index (χ3v) is 2.78. The number of imide groups is 1. The highest BCUT2D eigenvalue weighted by Gasteiger charge is 2.26. The summed E-state index contributed by atoms with van der Waals surface area (Å²) in [6, 6.07) is -0.318. The lowest BCUT2D eigenvalue weighted by Crippen LogP contribution is -2.27. The van der Waals surface area contributed by atoms with Crippen molar-refractivity contribution < 1.29 is 9.59 Å². The predicted molar refractivity (Wildman–Crippen MR) is 50.8 cm³/mol. The van der Waals surface area contributed by atoms with E-state index in [0.717, 1.165) is 9.88 Å². The Balaban J connectivity index is 2.05. The van der Waals surface area contributed by atoms with E-state index in [1.807, 2.05) is 6.92 Å². The van der Waals surface area contributed by atoms with E-state index >= 15 is 0 Å². The third kappa shape index (κ3) is 1.74. The number of rotatable bonds is 2. The molecule has 1 aromatic rings. The summed E-state index contributed by atoms with van der Waals surface area (Å²) in [7, 11) is 0. The molecule has 3 amide bonds. The van der Waals surface area contributed by atoms with Gasteiger partial charge >= 0.3 is 6.03 Å². The number of hydrogen-bond donors (Lipinski definition) is 1. The van der Waals surface area contributed by atoms with Gasteiger partial charge in [0.25, 0.3) is 0 Å². The van der Waals surface area contributed by atoms with E-state index in [-0.39, 0.29) is 18.5 Å². The number of carbonyl (C=O) groups excluding carboxylic acids is 2. The highest BCUT2D eigenvalue weighted by atomic mass is 32.1. The van der Waals surface area contributed by atoms with Crippen molar-refractivity contribution in [1.82, 2.24) is 15.2 Å². The average Bonchev–Trinajstić information content (AvgIpc) is 2.61. The number of aromatic nitrogens is 1. The number of amides is 3. The molecule has 0 atom stereocenters. The van der Waals surface area contributed by atoms with E-state index in [0.29, 0.717) is 6.54 Å². The van der Waals surface area contributed by atoms with Gasteiger partial charge in [0.2, 0.25) is 5.91 Å². The summed E-state index contributed by atoms with van der Waals surface area (Å²) in [5.41, 5.74) is 0. The molecule has 0 spiro atoms. The number of nitrogens with zero attached hydrogens (tertiary/aromatic N) is 2. The Labute approximate surface area is 84.7 Å². The maximum absolute atomic E-state index is 11.2. The van der Waals surface area contributed by atoms with Gasteiger partial charge in [-0.1, -0.05) is 0 Å². The molecule has 1 N–H and O–H groups in total. The van der Waals surface area contributed by atoms with Crippen molar-refractivity contribution in [3.8, 4) is 0 Å². The molecule has 0 radical (unpaired) electrons. The zero-order valence-electron chi connectivity index (χ0n) is 7.61. The molecule has 0 aromatic carbocycles. The lowest BCUT2D eigenvalue weighted by atomic mass is 10.5. The molecule has 1 aromatic heterocycles. The van der Waals surface area contributed by atoms with Crippen LogP contribution in [0.2, 0.25) is 0 Å². The molecule has 1 fully saturated rings. The summed E-state index contributed by atoms with van der Waals surface area (Å²) in [6.45, 7) is 2.52. The van der Waals surface area contributed by atoms with Crippen molar-refractivity contribution in [3.05, 3.63) is 16.1 Å². The zero-order valence-corrected chi connectivity index (χ0v) is 8.43. The third-order valence-electron chi connectivity index (χ3n) is 1.88. The van der Waals surface area contributed by atoms with Gasteiger partial charge in [0.05, 0.1) is 11.6 Å². The molecule has 6 heteroatoms. The first-order valence-corrected chi connectivity index (χ1v) is 4.97. The number of hydrogen-bond acceptors (Lipinski definition) is 4. The Hall–Kier alpha value is -1.43. The topological polar surface area (TPSA) is 62.3 Å². The van der Waals surface area contributed by atoms with E-state index in [4.69, 9.17) is 0 Å². The van der Waals surface area contributed by atoms with Crippen molar-refractivity contribution in [1.29, 1.82) is 0 Å². The minimum Gasteiger partial charge on any atom is -0.310 e. The first kappa shape index (κ1) is 9.14. The lowest BCUT2D eigenvalue weighted by molar-refractivity contribution is -0.118. The van der Waals surface area contributed by atoms with E-state index in [1.165, 1.54) is 16.2 Å². The molecule has 5 nitrogen and oxygen atoms in total. The van der Waals surface area contributed by atoms with Crippen molar-refractivity contribution in [3.63, 3.8) is 0 Å². The van der Waals surface area contributed by atoms with Crippen LogP contribution < -0.4 is 5.32 Å². The molecule has 14 heavy (non-hydrogen) atoms. The van der Waals surface area contributed by atoms with E-state index in [2.05, 4.69) is 10.3 Å². The monoisotopic (exact) mass is 211 g/mol. The van der Waals surface area contributed by atoms with Crippen LogP contribution in [0.4, 0.5) is 4.79 Å². The summed E-state index contributed by atoms with van der Waals surface area (Å²) in [5, 5.41) is 3.19. The highest BCUT2D eigenvalue weighted by molar-refractivity contribution is 7.11. The number of nitrogens with one attached hydrogen (secondary N) is 1. The fourth-order valence-electron chi connectivity index (χ4n) is 1.28. The number of urea groups is 1. The number of aryl methyl sites for hydroxylation is 1.